The van der Waals surface area contributed by atoms with Crippen molar-refractivity contribution in [1.29, 1.82) is 0 Å². The third kappa shape index (κ3) is 2.38. The summed E-state index contributed by atoms with van der Waals surface area (Å²) in [6.45, 7) is 1.24. The molecule has 0 unspecified atom stereocenters. The van der Waals surface area contributed by atoms with Crippen molar-refractivity contribution in [1.82, 2.24) is 9.88 Å². The molecule has 1 aliphatic heterocycles. The van der Waals surface area contributed by atoms with Gasteiger partial charge in [0.2, 0.25) is 0 Å². The lowest BCUT2D eigenvalue weighted by atomic mass is 9.95. The van der Waals surface area contributed by atoms with Crippen LogP contribution in [0.15, 0.2) is 24.4 Å². The molecule has 1 aliphatic carbocycles. The van der Waals surface area contributed by atoms with Gasteiger partial charge < -0.3 is 9.64 Å². The number of nitrogens with zero attached hydrogens (tertiary/aromatic N) is 2. The molecule has 6 heteroatoms. The van der Waals surface area contributed by atoms with E-state index in [1.54, 1.807) is 24.6 Å². The van der Waals surface area contributed by atoms with Crippen LogP contribution in [0.1, 0.15) is 40.9 Å². The van der Waals surface area contributed by atoms with Gasteiger partial charge in [-0.15, -0.1) is 11.3 Å². The average molecular weight is 363 g/mol. The molecule has 2 aromatic heterocycles. The number of rotatable bonds is 4. The number of ether oxygens (including phenoxy) is 1. The Morgan fingerprint density at radius 2 is 2.17 bits per heavy atom. The molecule has 4 nitrogen and oxygen atoms in total. The first-order chi connectivity index (χ1) is 11.7. The van der Waals surface area contributed by atoms with Crippen LogP contribution in [0.4, 0.5) is 0 Å². The van der Waals surface area contributed by atoms with E-state index < -0.39 is 0 Å². The molecule has 1 amide bonds. The molecule has 1 saturated carbocycles. The van der Waals surface area contributed by atoms with E-state index in [-0.39, 0.29) is 11.4 Å². The minimum Gasteiger partial charge on any atom is -0.383 e. The van der Waals surface area contributed by atoms with Crippen molar-refractivity contribution in [3.63, 3.8) is 0 Å². The van der Waals surface area contributed by atoms with Gasteiger partial charge in [-0.2, -0.15) is 0 Å². The van der Waals surface area contributed by atoms with Gasteiger partial charge in [0.15, 0.2) is 0 Å². The number of aromatic nitrogens is 1. The third-order valence-corrected chi connectivity index (χ3v) is 6.69. The number of halogens is 1. The summed E-state index contributed by atoms with van der Waals surface area (Å²) in [7, 11) is 1.68. The highest BCUT2D eigenvalue weighted by Gasteiger charge is 2.52. The van der Waals surface area contributed by atoms with Crippen molar-refractivity contribution >= 4 is 28.8 Å². The van der Waals surface area contributed by atoms with Crippen LogP contribution in [0.2, 0.25) is 5.15 Å². The van der Waals surface area contributed by atoms with Gasteiger partial charge >= 0.3 is 0 Å². The van der Waals surface area contributed by atoms with Crippen LogP contribution in [0.25, 0.3) is 10.4 Å². The van der Waals surface area contributed by atoms with Crippen LogP contribution < -0.4 is 0 Å². The summed E-state index contributed by atoms with van der Waals surface area (Å²) in [4.78, 5) is 21.4. The quantitative estimate of drug-likeness (QED) is 0.760. The second kappa shape index (κ2) is 6.14. The summed E-state index contributed by atoms with van der Waals surface area (Å²) in [6.07, 6.45) is 6.15. The van der Waals surface area contributed by atoms with Gasteiger partial charge in [0.1, 0.15) is 5.15 Å². The third-order valence-electron chi connectivity index (χ3n) is 5.11. The zero-order valence-electron chi connectivity index (χ0n) is 13.5. The zero-order chi connectivity index (χ0) is 16.7. The Labute approximate surface area is 150 Å². The molecule has 24 heavy (non-hydrogen) atoms. The predicted octanol–water partition coefficient (Wildman–Crippen LogP) is 4.34. The lowest BCUT2D eigenvalue weighted by Gasteiger charge is -2.35. The predicted molar refractivity (Wildman–Crippen MR) is 95.6 cm³/mol. The summed E-state index contributed by atoms with van der Waals surface area (Å²) < 4.78 is 5.22. The van der Waals surface area contributed by atoms with E-state index in [4.69, 9.17) is 16.3 Å². The maximum absolute atomic E-state index is 13.0. The maximum atomic E-state index is 13.0. The van der Waals surface area contributed by atoms with E-state index in [9.17, 15) is 4.79 Å². The van der Waals surface area contributed by atoms with Crippen LogP contribution >= 0.6 is 22.9 Å². The van der Waals surface area contributed by atoms with Crippen molar-refractivity contribution in [2.75, 3.05) is 20.3 Å². The van der Waals surface area contributed by atoms with E-state index in [1.807, 2.05) is 23.1 Å². The zero-order valence-corrected chi connectivity index (χ0v) is 15.1. The van der Waals surface area contributed by atoms with Crippen molar-refractivity contribution in [2.45, 2.75) is 31.2 Å². The molecule has 0 N–H and O–H groups in total. The van der Waals surface area contributed by atoms with Gasteiger partial charge in [-0.05, 0) is 36.6 Å². The molecule has 1 fully saturated rings. The van der Waals surface area contributed by atoms with E-state index in [0.717, 1.165) is 28.8 Å². The Morgan fingerprint density at radius 3 is 2.88 bits per heavy atom. The number of methoxy groups -OCH3 is 1. The summed E-state index contributed by atoms with van der Waals surface area (Å²) in [5.41, 5.74) is 1.77. The van der Waals surface area contributed by atoms with Crippen molar-refractivity contribution in [3.05, 3.63) is 40.0 Å². The van der Waals surface area contributed by atoms with Crippen LogP contribution in [0, 0.1) is 0 Å². The number of carbonyl (C=O) groups is 1. The Bertz CT molecular complexity index is 783. The first-order valence-corrected chi connectivity index (χ1v) is 9.42. The first-order valence-electron chi connectivity index (χ1n) is 8.23. The second-order valence-corrected chi connectivity index (χ2v) is 7.85. The van der Waals surface area contributed by atoms with Crippen LogP contribution in [0.3, 0.4) is 0 Å². The number of pyridine rings is 1. The minimum atomic E-state index is -0.120. The Balaban J connectivity index is 1.77. The van der Waals surface area contributed by atoms with E-state index in [2.05, 4.69) is 4.98 Å². The minimum absolute atomic E-state index is 0.120. The molecule has 0 bridgehead atoms. The van der Waals surface area contributed by atoms with Gasteiger partial charge in [0, 0.05) is 29.6 Å². The summed E-state index contributed by atoms with van der Waals surface area (Å²) >= 11 is 7.75. The number of hydrogen-bond donors (Lipinski definition) is 0. The Morgan fingerprint density at radius 1 is 1.38 bits per heavy atom. The van der Waals surface area contributed by atoms with Crippen molar-refractivity contribution < 1.29 is 9.53 Å². The fraction of sp³-hybridized carbons (Fsp3) is 0.444. The van der Waals surface area contributed by atoms with Gasteiger partial charge in [-0.25, -0.2) is 4.98 Å². The molecule has 1 spiro atoms. The highest BCUT2D eigenvalue weighted by molar-refractivity contribution is 7.16. The van der Waals surface area contributed by atoms with E-state index >= 15 is 0 Å². The molecular weight excluding hydrogens is 344 g/mol. The topological polar surface area (TPSA) is 42.4 Å². The van der Waals surface area contributed by atoms with E-state index in [0.29, 0.717) is 18.3 Å². The fourth-order valence-corrected chi connectivity index (χ4v) is 5.59. The largest absolute Gasteiger partial charge is 0.383 e. The molecule has 0 atom stereocenters. The highest BCUT2D eigenvalue weighted by atomic mass is 35.5. The lowest BCUT2D eigenvalue weighted by molar-refractivity contribution is 0.0457. The van der Waals surface area contributed by atoms with Gasteiger partial charge in [0.25, 0.3) is 5.91 Å². The number of hydrogen-bond acceptors (Lipinski definition) is 4. The van der Waals surface area contributed by atoms with Gasteiger partial charge in [0.05, 0.1) is 17.7 Å². The fourth-order valence-electron chi connectivity index (χ4n) is 4.01. The van der Waals surface area contributed by atoms with Crippen molar-refractivity contribution in [3.8, 4) is 10.4 Å². The number of thiophene rings is 1. The van der Waals surface area contributed by atoms with Crippen molar-refractivity contribution in [2.24, 2.45) is 0 Å². The van der Waals surface area contributed by atoms with Gasteiger partial charge in [-0.3, -0.25) is 4.79 Å². The molecule has 0 saturated heterocycles. The number of amides is 1. The Hall–Kier alpha value is -1.43. The first kappa shape index (κ1) is 16.1. The molecule has 0 aromatic carbocycles. The molecule has 126 valence electrons. The standard InChI is InChI=1S/C18H19ClN2O2S/c1-23-9-8-21-17(22)13-11-14(12-4-7-20-15(19)10-12)24-16(13)18(21)5-2-3-6-18/h4,7,10-11H,2-3,5-6,8-9H2,1H3. The maximum Gasteiger partial charge on any atom is 0.255 e. The monoisotopic (exact) mass is 362 g/mol. The Kier molecular flexibility index (Phi) is 4.11. The van der Waals surface area contributed by atoms with Crippen LogP contribution in [0.5, 0.6) is 0 Å². The molecule has 3 heterocycles. The smallest absolute Gasteiger partial charge is 0.255 e. The second-order valence-electron chi connectivity index (χ2n) is 6.41. The lowest BCUT2D eigenvalue weighted by Crippen LogP contribution is -2.43. The summed E-state index contributed by atoms with van der Waals surface area (Å²) in [6, 6.07) is 5.83. The SMILES string of the molecule is COCCN1C(=O)c2cc(-c3ccnc(Cl)c3)sc2C12CCCC2. The molecule has 4 rings (SSSR count). The van der Waals surface area contributed by atoms with Crippen LogP contribution in [-0.2, 0) is 10.3 Å². The average Bonchev–Trinajstić information content (AvgIpc) is 3.26. The number of carbonyl (C=O) groups excluding carboxylic acids is 1. The summed E-state index contributed by atoms with van der Waals surface area (Å²) in [5, 5.41) is 0.477. The summed E-state index contributed by atoms with van der Waals surface area (Å²) in [5.74, 6) is 0.145. The normalized spacial score (nSPS) is 18.6. The molecule has 2 aliphatic rings. The molecular formula is C18H19ClN2O2S. The molecule has 0 radical (unpaired) electrons. The van der Waals surface area contributed by atoms with E-state index in [1.165, 1.54) is 17.7 Å². The number of fused-ring (bicyclic) bond motifs is 2. The van der Waals surface area contributed by atoms with Crippen LogP contribution in [-0.4, -0.2) is 36.1 Å². The highest BCUT2D eigenvalue weighted by Crippen LogP contribution is 2.54. The molecule has 2 aromatic rings. The van der Waals surface area contributed by atoms with Gasteiger partial charge in [-0.1, -0.05) is 24.4 Å².